The minimum absolute atomic E-state index is 0.0346. The molecule has 1 amide bonds. The van der Waals surface area contributed by atoms with Crippen LogP contribution in [0.3, 0.4) is 0 Å². The molecule has 2 fully saturated rings. The Hall–Kier alpha value is -2.75. The number of carbonyl (C=O) groups is 1. The van der Waals surface area contributed by atoms with Gasteiger partial charge in [0.25, 0.3) is 0 Å². The van der Waals surface area contributed by atoms with Crippen molar-refractivity contribution >= 4 is 5.91 Å². The first-order valence-electron chi connectivity index (χ1n) is 11.1. The SMILES string of the molecule is N#Cc1ccc(CN2CCN(C(=O)C3CCCN(Cc4cccc(F)c4)C3)CC2)cc1. The van der Waals surface area contributed by atoms with Crippen molar-refractivity contribution in [1.82, 2.24) is 14.7 Å². The van der Waals surface area contributed by atoms with Crippen LogP contribution in [0.1, 0.15) is 29.5 Å². The number of piperidine rings is 1. The predicted molar refractivity (Wildman–Crippen MR) is 117 cm³/mol. The summed E-state index contributed by atoms with van der Waals surface area (Å²) in [6.45, 7) is 6.50. The lowest BCUT2D eigenvalue weighted by Gasteiger charge is -2.39. The van der Waals surface area contributed by atoms with Crippen LogP contribution in [0, 0.1) is 23.1 Å². The molecule has 1 unspecified atom stereocenters. The quantitative estimate of drug-likeness (QED) is 0.745. The van der Waals surface area contributed by atoms with E-state index in [4.69, 9.17) is 5.26 Å². The molecule has 0 radical (unpaired) electrons. The van der Waals surface area contributed by atoms with E-state index in [-0.39, 0.29) is 17.6 Å². The molecule has 2 aliphatic heterocycles. The maximum atomic E-state index is 13.5. The number of halogens is 1. The van der Waals surface area contributed by atoms with Gasteiger partial charge in [0.1, 0.15) is 5.82 Å². The monoisotopic (exact) mass is 420 g/mol. The van der Waals surface area contributed by atoms with Gasteiger partial charge in [-0.2, -0.15) is 5.26 Å². The van der Waals surface area contributed by atoms with Gasteiger partial charge in [-0.15, -0.1) is 0 Å². The standard InChI is InChI=1S/C25H29FN4O/c26-24-5-1-3-22(15-24)18-29-10-2-4-23(19-29)25(31)30-13-11-28(12-14-30)17-21-8-6-20(16-27)7-9-21/h1,3,5-9,15,23H,2,4,10-14,17-19H2. The Morgan fingerprint density at radius 3 is 2.42 bits per heavy atom. The van der Waals surface area contributed by atoms with E-state index in [1.807, 2.05) is 35.2 Å². The zero-order valence-corrected chi connectivity index (χ0v) is 17.8. The predicted octanol–water partition coefficient (Wildman–Crippen LogP) is 3.25. The van der Waals surface area contributed by atoms with Crippen molar-refractivity contribution in [3.8, 4) is 6.07 Å². The summed E-state index contributed by atoms with van der Waals surface area (Å²) in [5.74, 6) is 0.0929. The van der Waals surface area contributed by atoms with Gasteiger partial charge in [-0.3, -0.25) is 14.6 Å². The number of amides is 1. The van der Waals surface area contributed by atoms with Gasteiger partial charge in [0.15, 0.2) is 0 Å². The first kappa shape index (κ1) is 21.5. The summed E-state index contributed by atoms with van der Waals surface area (Å²) < 4.78 is 13.5. The molecule has 0 aromatic heterocycles. The number of benzene rings is 2. The Kier molecular flexibility index (Phi) is 6.96. The zero-order valence-electron chi connectivity index (χ0n) is 17.8. The Balaban J connectivity index is 1.26. The first-order chi connectivity index (χ1) is 15.1. The minimum Gasteiger partial charge on any atom is -0.340 e. The lowest BCUT2D eigenvalue weighted by molar-refractivity contribution is -0.139. The molecule has 5 nitrogen and oxygen atoms in total. The second kappa shape index (κ2) is 10.0. The van der Waals surface area contributed by atoms with E-state index < -0.39 is 0 Å². The second-order valence-corrected chi connectivity index (χ2v) is 8.61. The Morgan fingerprint density at radius 1 is 0.968 bits per heavy atom. The van der Waals surface area contributed by atoms with E-state index >= 15 is 0 Å². The molecule has 0 bridgehead atoms. The van der Waals surface area contributed by atoms with Crippen molar-refractivity contribution in [3.63, 3.8) is 0 Å². The molecule has 4 rings (SSSR count). The fourth-order valence-electron chi connectivity index (χ4n) is 4.62. The summed E-state index contributed by atoms with van der Waals surface area (Å²) in [5, 5.41) is 8.92. The number of likely N-dealkylation sites (tertiary alicyclic amines) is 1. The van der Waals surface area contributed by atoms with Gasteiger partial charge in [-0.25, -0.2) is 4.39 Å². The molecule has 0 spiro atoms. The molecule has 2 saturated heterocycles. The van der Waals surface area contributed by atoms with Crippen LogP contribution in [0.15, 0.2) is 48.5 Å². The summed E-state index contributed by atoms with van der Waals surface area (Å²) >= 11 is 0. The van der Waals surface area contributed by atoms with E-state index in [0.717, 1.165) is 64.2 Å². The van der Waals surface area contributed by atoms with Crippen LogP contribution in [-0.4, -0.2) is 59.9 Å². The summed E-state index contributed by atoms with van der Waals surface area (Å²) in [6.07, 6.45) is 1.94. The maximum Gasteiger partial charge on any atom is 0.227 e. The maximum absolute atomic E-state index is 13.5. The Morgan fingerprint density at radius 2 is 1.71 bits per heavy atom. The molecular formula is C25H29FN4O. The molecule has 0 aliphatic carbocycles. The largest absolute Gasteiger partial charge is 0.340 e. The number of rotatable bonds is 5. The molecule has 1 atom stereocenters. The molecule has 0 saturated carbocycles. The average molecular weight is 421 g/mol. The minimum atomic E-state index is -0.207. The van der Waals surface area contributed by atoms with Gasteiger partial charge in [0.05, 0.1) is 17.6 Å². The van der Waals surface area contributed by atoms with Gasteiger partial charge in [0, 0.05) is 45.8 Å². The third kappa shape index (κ3) is 5.69. The fourth-order valence-corrected chi connectivity index (χ4v) is 4.62. The summed E-state index contributed by atoms with van der Waals surface area (Å²) in [4.78, 5) is 19.8. The van der Waals surface area contributed by atoms with Crippen molar-refractivity contribution in [2.45, 2.75) is 25.9 Å². The molecule has 6 heteroatoms. The smallest absolute Gasteiger partial charge is 0.227 e. The van der Waals surface area contributed by atoms with Crippen LogP contribution >= 0.6 is 0 Å². The Labute approximate surface area is 183 Å². The number of hydrogen-bond acceptors (Lipinski definition) is 4. The van der Waals surface area contributed by atoms with Crippen LogP contribution in [0.2, 0.25) is 0 Å². The zero-order chi connectivity index (χ0) is 21.6. The number of piperazine rings is 1. The lowest BCUT2D eigenvalue weighted by atomic mass is 9.95. The third-order valence-corrected chi connectivity index (χ3v) is 6.32. The molecule has 31 heavy (non-hydrogen) atoms. The van der Waals surface area contributed by atoms with Gasteiger partial charge in [-0.1, -0.05) is 24.3 Å². The highest BCUT2D eigenvalue weighted by molar-refractivity contribution is 5.79. The van der Waals surface area contributed by atoms with E-state index in [1.165, 1.54) is 11.6 Å². The number of nitrogens with zero attached hydrogens (tertiary/aromatic N) is 4. The van der Waals surface area contributed by atoms with Crippen molar-refractivity contribution < 1.29 is 9.18 Å². The van der Waals surface area contributed by atoms with Crippen LogP contribution in [0.5, 0.6) is 0 Å². The molecule has 2 aromatic rings. The average Bonchev–Trinajstić information content (AvgIpc) is 2.80. The molecule has 2 aliphatic rings. The van der Waals surface area contributed by atoms with Crippen molar-refractivity contribution in [3.05, 3.63) is 71.0 Å². The topological polar surface area (TPSA) is 50.6 Å². The molecule has 162 valence electrons. The molecule has 2 heterocycles. The normalized spacial score (nSPS) is 20.4. The van der Waals surface area contributed by atoms with Crippen LogP contribution in [0.4, 0.5) is 4.39 Å². The summed E-state index contributed by atoms with van der Waals surface area (Å²) in [7, 11) is 0. The molecular weight excluding hydrogens is 391 g/mol. The summed E-state index contributed by atoms with van der Waals surface area (Å²) in [6, 6.07) is 16.6. The van der Waals surface area contributed by atoms with E-state index in [2.05, 4.69) is 15.9 Å². The van der Waals surface area contributed by atoms with Crippen molar-refractivity contribution in [2.75, 3.05) is 39.3 Å². The highest BCUT2D eigenvalue weighted by atomic mass is 19.1. The number of hydrogen-bond donors (Lipinski definition) is 0. The van der Waals surface area contributed by atoms with Crippen LogP contribution < -0.4 is 0 Å². The molecule has 2 aromatic carbocycles. The highest BCUT2D eigenvalue weighted by Crippen LogP contribution is 2.22. The van der Waals surface area contributed by atoms with Crippen molar-refractivity contribution in [1.29, 1.82) is 5.26 Å². The van der Waals surface area contributed by atoms with Gasteiger partial charge >= 0.3 is 0 Å². The third-order valence-electron chi connectivity index (χ3n) is 6.32. The van der Waals surface area contributed by atoms with Gasteiger partial charge < -0.3 is 4.90 Å². The molecule has 0 N–H and O–H groups in total. The van der Waals surface area contributed by atoms with Crippen molar-refractivity contribution in [2.24, 2.45) is 5.92 Å². The van der Waals surface area contributed by atoms with Gasteiger partial charge in [-0.05, 0) is 54.8 Å². The lowest BCUT2D eigenvalue weighted by Crippen LogP contribution is -2.52. The summed E-state index contributed by atoms with van der Waals surface area (Å²) in [5.41, 5.74) is 2.83. The van der Waals surface area contributed by atoms with Gasteiger partial charge in [0.2, 0.25) is 5.91 Å². The van der Waals surface area contributed by atoms with Crippen LogP contribution in [-0.2, 0) is 17.9 Å². The van der Waals surface area contributed by atoms with E-state index in [0.29, 0.717) is 12.1 Å². The number of carbonyl (C=O) groups excluding carboxylic acids is 1. The van der Waals surface area contributed by atoms with E-state index in [9.17, 15) is 9.18 Å². The first-order valence-corrected chi connectivity index (χ1v) is 11.1. The van der Waals surface area contributed by atoms with Crippen LogP contribution in [0.25, 0.3) is 0 Å². The van der Waals surface area contributed by atoms with E-state index in [1.54, 1.807) is 12.1 Å². The fraction of sp³-hybridized carbons (Fsp3) is 0.440. The second-order valence-electron chi connectivity index (χ2n) is 8.61. The highest BCUT2D eigenvalue weighted by Gasteiger charge is 2.31. The number of nitriles is 1. The Bertz CT molecular complexity index is 931.